The van der Waals surface area contributed by atoms with E-state index in [0.717, 1.165) is 60.5 Å². The zero-order chi connectivity index (χ0) is 20.4. The van der Waals surface area contributed by atoms with Crippen LogP contribution in [-0.2, 0) is 24.1 Å². The Bertz CT molecular complexity index is 940. The Hall–Kier alpha value is -2.53. The largest absolute Gasteiger partial charge is 0.497 e. The van der Waals surface area contributed by atoms with Crippen LogP contribution in [0.3, 0.4) is 0 Å². The number of H-pyrrole nitrogens is 1. The molecule has 5 heteroatoms. The van der Waals surface area contributed by atoms with Crippen molar-refractivity contribution in [1.29, 1.82) is 0 Å². The number of carbonyl (C=O) groups is 1. The van der Waals surface area contributed by atoms with E-state index in [-0.39, 0.29) is 5.91 Å². The van der Waals surface area contributed by atoms with E-state index in [1.807, 2.05) is 18.2 Å². The first kappa shape index (κ1) is 19.8. The first-order valence-electron chi connectivity index (χ1n) is 10.7. The molecule has 2 aromatic rings. The second-order valence-electron chi connectivity index (χ2n) is 8.37. The Kier molecular flexibility index (Phi) is 5.76. The van der Waals surface area contributed by atoms with Gasteiger partial charge in [-0.3, -0.25) is 4.79 Å². The molecular formula is C24H31N3O2. The molecule has 0 unspecified atom stereocenters. The zero-order valence-electron chi connectivity index (χ0n) is 17.7. The summed E-state index contributed by atoms with van der Waals surface area (Å²) in [6.45, 7) is 1.07. The summed E-state index contributed by atoms with van der Waals surface area (Å²) in [5, 5.41) is 2.98. The standard InChI is InChI=1S/C24H31N3O2/c1-27(2)13-7-9-18-17-8-5-4-6-10-21(17)25-23(18)15-20-19-12-11-16(29-3)14-22(19)26-24(20)28/h11-12,14-15,25H,4-10,13H2,1-3H3,(H,26,28)/b20-15-. The molecule has 1 aliphatic carbocycles. The summed E-state index contributed by atoms with van der Waals surface area (Å²) in [7, 11) is 5.88. The summed E-state index contributed by atoms with van der Waals surface area (Å²) >= 11 is 0. The Morgan fingerprint density at radius 3 is 2.79 bits per heavy atom. The lowest BCUT2D eigenvalue weighted by atomic mass is 9.98. The van der Waals surface area contributed by atoms with E-state index in [4.69, 9.17) is 4.74 Å². The van der Waals surface area contributed by atoms with Crippen LogP contribution in [0.15, 0.2) is 18.2 Å². The van der Waals surface area contributed by atoms with Crippen molar-refractivity contribution in [3.8, 4) is 5.75 Å². The van der Waals surface area contributed by atoms with Crippen molar-refractivity contribution in [2.45, 2.75) is 44.9 Å². The number of methoxy groups -OCH3 is 1. The lowest BCUT2D eigenvalue weighted by Gasteiger charge is -2.11. The van der Waals surface area contributed by atoms with Crippen LogP contribution in [0.2, 0.25) is 0 Å². The van der Waals surface area contributed by atoms with Crippen LogP contribution < -0.4 is 10.1 Å². The summed E-state index contributed by atoms with van der Waals surface area (Å²) in [5.74, 6) is 0.707. The molecule has 5 nitrogen and oxygen atoms in total. The Balaban J connectivity index is 1.72. The molecule has 0 spiro atoms. The molecule has 154 valence electrons. The fraction of sp³-hybridized carbons (Fsp3) is 0.458. The fourth-order valence-corrected chi connectivity index (χ4v) is 4.52. The monoisotopic (exact) mass is 393 g/mol. The molecule has 1 amide bonds. The summed E-state index contributed by atoms with van der Waals surface area (Å²) in [6, 6.07) is 5.77. The normalized spacial score (nSPS) is 17.2. The maximum atomic E-state index is 12.7. The first-order chi connectivity index (χ1) is 14.1. The molecule has 4 rings (SSSR count). The second kappa shape index (κ2) is 8.46. The fourth-order valence-electron chi connectivity index (χ4n) is 4.52. The molecule has 29 heavy (non-hydrogen) atoms. The van der Waals surface area contributed by atoms with Gasteiger partial charge >= 0.3 is 0 Å². The van der Waals surface area contributed by atoms with Crippen molar-refractivity contribution in [3.05, 3.63) is 46.3 Å². The van der Waals surface area contributed by atoms with E-state index in [1.165, 1.54) is 36.1 Å². The molecule has 1 aromatic carbocycles. The smallest absolute Gasteiger partial charge is 0.256 e. The van der Waals surface area contributed by atoms with E-state index in [1.54, 1.807) is 7.11 Å². The van der Waals surface area contributed by atoms with Crippen molar-refractivity contribution in [2.75, 3.05) is 33.1 Å². The maximum Gasteiger partial charge on any atom is 0.256 e. The first-order valence-corrected chi connectivity index (χ1v) is 10.7. The van der Waals surface area contributed by atoms with E-state index < -0.39 is 0 Å². The van der Waals surface area contributed by atoms with Gasteiger partial charge in [0, 0.05) is 23.0 Å². The highest BCUT2D eigenvalue weighted by molar-refractivity contribution is 6.35. The summed E-state index contributed by atoms with van der Waals surface area (Å²) in [4.78, 5) is 18.6. The van der Waals surface area contributed by atoms with Crippen LogP contribution >= 0.6 is 0 Å². The molecular weight excluding hydrogens is 362 g/mol. The van der Waals surface area contributed by atoms with Crippen molar-refractivity contribution in [3.63, 3.8) is 0 Å². The third-order valence-corrected chi connectivity index (χ3v) is 6.02. The predicted octanol–water partition coefficient (Wildman–Crippen LogP) is 4.28. The number of aryl methyl sites for hydroxylation is 1. The number of nitrogens with one attached hydrogen (secondary N) is 2. The number of ether oxygens (including phenoxy) is 1. The number of amides is 1. The van der Waals surface area contributed by atoms with Crippen LogP contribution in [0.5, 0.6) is 5.75 Å². The number of rotatable bonds is 6. The molecule has 0 radical (unpaired) electrons. The number of hydrogen-bond acceptors (Lipinski definition) is 3. The van der Waals surface area contributed by atoms with Gasteiger partial charge in [-0.25, -0.2) is 0 Å². The van der Waals surface area contributed by atoms with E-state index >= 15 is 0 Å². The van der Waals surface area contributed by atoms with Gasteiger partial charge in [-0.1, -0.05) is 6.42 Å². The van der Waals surface area contributed by atoms with Crippen molar-refractivity contribution in [1.82, 2.24) is 9.88 Å². The number of hydrogen-bond donors (Lipinski definition) is 2. The highest BCUT2D eigenvalue weighted by Gasteiger charge is 2.26. The quantitative estimate of drug-likeness (QED) is 0.569. The number of nitrogens with zero attached hydrogens (tertiary/aromatic N) is 1. The van der Waals surface area contributed by atoms with Crippen molar-refractivity contribution < 1.29 is 9.53 Å². The van der Waals surface area contributed by atoms with E-state index in [2.05, 4.69) is 35.4 Å². The second-order valence-corrected chi connectivity index (χ2v) is 8.37. The number of benzene rings is 1. The zero-order valence-corrected chi connectivity index (χ0v) is 17.7. The van der Waals surface area contributed by atoms with Gasteiger partial charge in [0.2, 0.25) is 0 Å². The molecule has 0 atom stereocenters. The number of aromatic amines is 1. The molecule has 1 aromatic heterocycles. The number of aromatic nitrogens is 1. The van der Waals surface area contributed by atoms with Gasteiger partial charge in [0.25, 0.3) is 5.91 Å². The number of fused-ring (bicyclic) bond motifs is 2. The molecule has 0 fully saturated rings. The molecule has 0 saturated heterocycles. The minimum absolute atomic E-state index is 0.0442. The van der Waals surface area contributed by atoms with Gasteiger partial charge in [-0.15, -0.1) is 0 Å². The minimum atomic E-state index is -0.0442. The molecule has 0 bridgehead atoms. The SMILES string of the molecule is COc1ccc2c(c1)NC(=O)/C2=C\c1[nH]c2c(c1CCCN(C)C)CCCCC2. The Labute approximate surface area is 173 Å². The lowest BCUT2D eigenvalue weighted by Crippen LogP contribution is -2.13. The Morgan fingerprint density at radius 2 is 2.00 bits per heavy atom. The summed E-state index contributed by atoms with van der Waals surface area (Å²) in [5.41, 5.74) is 7.90. The van der Waals surface area contributed by atoms with Crippen LogP contribution in [0, 0.1) is 0 Å². The number of anilines is 1. The molecule has 2 heterocycles. The predicted molar refractivity (Wildman–Crippen MR) is 118 cm³/mol. The molecule has 2 aliphatic rings. The molecule has 0 saturated carbocycles. The maximum absolute atomic E-state index is 12.7. The topological polar surface area (TPSA) is 57.4 Å². The van der Waals surface area contributed by atoms with E-state index in [0.29, 0.717) is 0 Å². The van der Waals surface area contributed by atoms with Gasteiger partial charge in [0.15, 0.2) is 0 Å². The Morgan fingerprint density at radius 1 is 1.17 bits per heavy atom. The van der Waals surface area contributed by atoms with Crippen LogP contribution in [0.4, 0.5) is 5.69 Å². The van der Waals surface area contributed by atoms with Crippen LogP contribution in [-0.4, -0.2) is 43.5 Å². The van der Waals surface area contributed by atoms with Gasteiger partial charge in [0.05, 0.1) is 18.4 Å². The van der Waals surface area contributed by atoms with Crippen LogP contribution in [0.25, 0.3) is 11.6 Å². The van der Waals surface area contributed by atoms with Crippen molar-refractivity contribution in [2.24, 2.45) is 0 Å². The number of carbonyl (C=O) groups excluding carboxylic acids is 1. The van der Waals surface area contributed by atoms with Crippen LogP contribution in [0.1, 0.15) is 53.8 Å². The highest BCUT2D eigenvalue weighted by Crippen LogP contribution is 2.37. The van der Waals surface area contributed by atoms with E-state index in [9.17, 15) is 4.79 Å². The average molecular weight is 394 g/mol. The third-order valence-electron chi connectivity index (χ3n) is 6.02. The summed E-state index contributed by atoms with van der Waals surface area (Å²) in [6.07, 6.45) is 10.3. The third kappa shape index (κ3) is 4.10. The summed E-state index contributed by atoms with van der Waals surface area (Å²) < 4.78 is 5.30. The van der Waals surface area contributed by atoms with Gasteiger partial charge in [-0.2, -0.15) is 0 Å². The highest BCUT2D eigenvalue weighted by atomic mass is 16.5. The van der Waals surface area contributed by atoms with Gasteiger partial charge in [0.1, 0.15) is 5.75 Å². The molecule has 2 N–H and O–H groups in total. The average Bonchev–Trinajstić information content (AvgIpc) is 3.07. The van der Waals surface area contributed by atoms with Gasteiger partial charge in [-0.05, 0) is 88.5 Å². The molecule has 1 aliphatic heterocycles. The lowest BCUT2D eigenvalue weighted by molar-refractivity contribution is -0.110. The van der Waals surface area contributed by atoms with Gasteiger partial charge < -0.3 is 19.9 Å². The van der Waals surface area contributed by atoms with Crippen molar-refractivity contribution >= 4 is 23.2 Å². The minimum Gasteiger partial charge on any atom is -0.497 e.